The lowest BCUT2D eigenvalue weighted by molar-refractivity contribution is 0.415. The number of benzene rings is 1. The minimum absolute atomic E-state index is 0.263. The third-order valence-electron chi connectivity index (χ3n) is 3.48. The summed E-state index contributed by atoms with van der Waals surface area (Å²) in [5.74, 6) is 2.10. The van der Waals surface area contributed by atoms with Crippen molar-refractivity contribution in [3.05, 3.63) is 48.7 Å². The Morgan fingerprint density at radius 1 is 1.13 bits per heavy atom. The molecule has 0 saturated carbocycles. The van der Waals surface area contributed by atoms with Crippen LogP contribution in [0.25, 0.3) is 28.5 Å². The smallest absolute Gasteiger partial charge is 0.223 e. The van der Waals surface area contributed by atoms with Crippen LogP contribution >= 0.6 is 0 Å². The lowest BCUT2D eigenvalue weighted by atomic mass is 10.1. The van der Waals surface area contributed by atoms with Crippen LogP contribution in [0.1, 0.15) is 0 Å². The van der Waals surface area contributed by atoms with Crippen molar-refractivity contribution < 1.29 is 9.15 Å². The van der Waals surface area contributed by atoms with Crippen LogP contribution < -0.4 is 10.5 Å². The third-order valence-corrected chi connectivity index (χ3v) is 3.48. The lowest BCUT2D eigenvalue weighted by Crippen LogP contribution is -2.03. The minimum atomic E-state index is 0.263. The highest BCUT2D eigenvalue weighted by atomic mass is 16.5. The van der Waals surface area contributed by atoms with E-state index in [0.29, 0.717) is 17.2 Å². The molecule has 0 aliphatic carbocycles. The van der Waals surface area contributed by atoms with E-state index in [9.17, 15) is 0 Å². The lowest BCUT2D eigenvalue weighted by Gasteiger charge is -2.04. The van der Waals surface area contributed by atoms with Crippen molar-refractivity contribution in [2.45, 2.75) is 0 Å². The highest BCUT2D eigenvalue weighted by Crippen LogP contribution is 2.24. The topological polar surface area (TPSA) is 91.5 Å². The molecule has 3 aromatic heterocycles. The van der Waals surface area contributed by atoms with Crippen molar-refractivity contribution in [1.29, 1.82) is 0 Å². The van der Waals surface area contributed by atoms with E-state index in [0.717, 1.165) is 17.0 Å². The summed E-state index contributed by atoms with van der Waals surface area (Å²) in [6.07, 6.45) is 1.57. The van der Waals surface area contributed by atoms with Gasteiger partial charge in [-0.15, -0.1) is 5.10 Å². The molecule has 114 valence electrons. The number of ether oxygens (including phenoxy) is 1. The van der Waals surface area contributed by atoms with E-state index in [1.54, 1.807) is 25.5 Å². The van der Waals surface area contributed by atoms with Crippen molar-refractivity contribution in [2.75, 3.05) is 12.8 Å². The second-order valence-corrected chi connectivity index (χ2v) is 4.91. The predicted octanol–water partition coefficient (Wildman–Crippen LogP) is 2.64. The molecule has 0 amide bonds. The number of nitrogens with two attached hydrogens (primary N) is 1. The van der Waals surface area contributed by atoms with Gasteiger partial charge >= 0.3 is 0 Å². The second kappa shape index (κ2) is 5.13. The Morgan fingerprint density at radius 2 is 1.96 bits per heavy atom. The van der Waals surface area contributed by atoms with E-state index < -0.39 is 0 Å². The molecule has 0 fully saturated rings. The van der Waals surface area contributed by atoms with Gasteiger partial charge in [0, 0.05) is 11.6 Å². The van der Waals surface area contributed by atoms with Crippen LogP contribution in [0.2, 0.25) is 0 Å². The first kappa shape index (κ1) is 13.3. The fourth-order valence-electron chi connectivity index (χ4n) is 2.33. The Balaban J connectivity index is 1.82. The summed E-state index contributed by atoms with van der Waals surface area (Å²) in [5.41, 5.74) is 8.26. The number of rotatable bonds is 3. The number of nitrogens with zero attached hydrogens (tertiary/aromatic N) is 4. The first-order chi connectivity index (χ1) is 11.2. The van der Waals surface area contributed by atoms with Gasteiger partial charge < -0.3 is 14.9 Å². The molecule has 0 saturated heterocycles. The summed E-state index contributed by atoms with van der Waals surface area (Å²) in [6, 6.07) is 13.0. The number of aromatic nitrogens is 4. The number of furan rings is 1. The zero-order valence-corrected chi connectivity index (χ0v) is 12.3. The fourth-order valence-corrected chi connectivity index (χ4v) is 2.33. The number of hydrogen-bond donors (Lipinski definition) is 1. The maximum Gasteiger partial charge on any atom is 0.223 e. The Labute approximate surface area is 131 Å². The summed E-state index contributed by atoms with van der Waals surface area (Å²) in [7, 11) is 1.63. The standard InChI is InChI=1S/C16H13N5O2/c1-22-11-6-4-10(5-7-11)12-9-14-19-15(13-3-2-8-23-13)20-21(14)16(17)18-12/h2-9H,1H3,(H2,17,18). The summed E-state index contributed by atoms with van der Waals surface area (Å²) >= 11 is 0. The maximum atomic E-state index is 6.01. The molecule has 7 nitrogen and oxygen atoms in total. The highest BCUT2D eigenvalue weighted by Gasteiger charge is 2.13. The Kier molecular flexibility index (Phi) is 2.97. The SMILES string of the molecule is COc1ccc(-c2cc3nc(-c4ccco4)nn3c(N)n2)cc1. The Morgan fingerprint density at radius 3 is 2.65 bits per heavy atom. The van der Waals surface area contributed by atoms with Gasteiger partial charge in [-0.1, -0.05) is 0 Å². The van der Waals surface area contributed by atoms with Crippen molar-refractivity contribution in [3.8, 4) is 28.6 Å². The molecule has 0 bridgehead atoms. The average molecular weight is 307 g/mol. The molecular formula is C16H13N5O2. The average Bonchev–Trinajstić information content (AvgIpc) is 3.24. The van der Waals surface area contributed by atoms with Gasteiger partial charge in [-0.25, -0.2) is 9.97 Å². The van der Waals surface area contributed by atoms with E-state index in [2.05, 4.69) is 15.1 Å². The number of nitrogen functional groups attached to an aromatic ring is 1. The number of fused-ring (bicyclic) bond motifs is 1. The van der Waals surface area contributed by atoms with E-state index in [1.807, 2.05) is 30.3 Å². The molecule has 1 aromatic carbocycles. The van der Waals surface area contributed by atoms with Crippen molar-refractivity contribution in [1.82, 2.24) is 19.6 Å². The fraction of sp³-hybridized carbons (Fsp3) is 0.0625. The normalized spacial score (nSPS) is 11.0. The largest absolute Gasteiger partial charge is 0.497 e. The van der Waals surface area contributed by atoms with Crippen LogP contribution in [0.3, 0.4) is 0 Å². The number of hydrogen-bond acceptors (Lipinski definition) is 6. The molecule has 0 aliphatic rings. The van der Waals surface area contributed by atoms with Crippen LogP contribution in [0.4, 0.5) is 5.95 Å². The van der Waals surface area contributed by atoms with E-state index >= 15 is 0 Å². The molecule has 4 aromatic rings. The summed E-state index contributed by atoms with van der Waals surface area (Å²) < 4.78 is 12.0. The molecule has 23 heavy (non-hydrogen) atoms. The quantitative estimate of drug-likeness (QED) is 0.625. The zero-order valence-electron chi connectivity index (χ0n) is 12.3. The van der Waals surface area contributed by atoms with Gasteiger partial charge in [0.05, 0.1) is 19.1 Å². The van der Waals surface area contributed by atoms with Gasteiger partial charge in [0.15, 0.2) is 11.4 Å². The maximum absolute atomic E-state index is 6.01. The van der Waals surface area contributed by atoms with Crippen LogP contribution in [0.5, 0.6) is 5.75 Å². The molecule has 0 unspecified atom stereocenters. The van der Waals surface area contributed by atoms with Gasteiger partial charge in [-0.3, -0.25) is 0 Å². The summed E-state index contributed by atoms with van der Waals surface area (Å²) in [4.78, 5) is 8.84. The van der Waals surface area contributed by atoms with E-state index in [-0.39, 0.29) is 5.95 Å². The van der Waals surface area contributed by atoms with Crippen LogP contribution in [-0.2, 0) is 0 Å². The Hall–Kier alpha value is -3.35. The van der Waals surface area contributed by atoms with Gasteiger partial charge in [0.2, 0.25) is 11.8 Å². The van der Waals surface area contributed by atoms with Crippen LogP contribution in [0, 0.1) is 0 Å². The first-order valence-corrected chi connectivity index (χ1v) is 6.96. The third kappa shape index (κ3) is 2.28. The number of anilines is 1. The predicted molar refractivity (Wildman–Crippen MR) is 84.9 cm³/mol. The molecule has 3 heterocycles. The van der Waals surface area contributed by atoms with Gasteiger partial charge in [0.1, 0.15) is 5.75 Å². The van der Waals surface area contributed by atoms with Crippen molar-refractivity contribution in [2.24, 2.45) is 0 Å². The van der Waals surface area contributed by atoms with Gasteiger partial charge in [0.25, 0.3) is 0 Å². The van der Waals surface area contributed by atoms with Gasteiger partial charge in [-0.2, -0.15) is 4.52 Å². The van der Waals surface area contributed by atoms with E-state index in [4.69, 9.17) is 14.9 Å². The monoisotopic (exact) mass is 307 g/mol. The molecule has 7 heteroatoms. The zero-order chi connectivity index (χ0) is 15.8. The Bertz CT molecular complexity index is 958. The van der Waals surface area contributed by atoms with E-state index in [1.165, 1.54) is 4.52 Å². The first-order valence-electron chi connectivity index (χ1n) is 6.96. The molecule has 0 radical (unpaired) electrons. The second-order valence-electron chi connectivity index (χ2n) is 4.91. The summed E-state index contributed by atoms with van der Waals surface area (Å²) in [6.45, 7) is 0. The van der Waals surface area contributed by atoms with Crippen molar-refractivity contribution >= 4 is 11.6 Å². The molecular weight excluding hydrogens is 294 g/mol. The molecule has 0 spiro atoms. The minimum Gasteiger partial charge on any atom is -0.497 e. The van der Waals surface area contributed by atoms with Crippen LogP contribution in [-0.4, -0.2) is 26.7 Å². The molecule has 0 aliphatic heterocycles. The van der Waals surface area contributed by atoms with Crippen molar-refractivity contribution in [3.63, 3.8) is 0 Å². The molecule has 0 atom stereocenters. The van der Waals surface area contributed by atoms with Crippen LogP contribution in [0.15, 0.2) is 53.1 Å². The molecule has 4 rings (SSSR count). The molecule has 2 N–H and O–H groups in total. The van der Waals surface area contributed by atoms with Gasteiger partial charge in [-0.05, 0) is 36.4 Å². The highest BCUT2D eigenvalue weighted by molar-refractivity contribution is 5.67. The summed E-state index contributed by atoms with van der Waals surface area (Å²) in [5, 5.41) is 4.32. The number of methoxy groups -OCH3 is 1.